The van der Waals surface area contributed by atoms with Gasteiger partial charge in [0.1, 0.15) is 0 Å². The van der Waals surface area contributed by atoms with Crippen LogP contribution >= 0.6 is 0 Å². The summed E-state index contributed by atoms with van der Waals surface area (Å²) in [7, 11) is -5.59. The Morgan fingerprint density at radius 1 is 0.690 bits per heavy atom. The summed E-state index contributed by atoms with van der Waals surface area (Å²) in [6, 6.07) is 43.7. The van der Waals surface area contributed by atoms with Crippen LogP contribution in [0.4, 0.5) is 0 Å². The van der Waals surface area contributed by atoms with E-state index in [9.17, 15) is 5.11 Å². The minimum Gasteiger partial charge on any atom is -0.404 e. The first-order valence-electron chi connectivity index (χ1n) is 21.7. The van der Waals surface area contributed by atoms with Crippen LogP contribution < -0.4 is 20.7 Å². The Morgan fingerprint density at radius 3 is 1.57 bits per heavy atom. The minimum atomic E-state index is -2.89. The molecule has 5 rings (SSSR count). The highest BCUT2D eigenvalue weighted by Crippen LogP contribution is 2.43. The zero-order valence-corrected chi connectivity index (χ0v) is 39.2. The SMILES string of the molecule is CC(C)C=CC(O)CCC(C)C[C@]1(C)OCC(=CCO[Si](c2ccccc2)(c2ccccc2)C(C)(C)C)CC[C@@H]1O[Si](c1ccccc1)(c1ccccc1)C(C)(C)C. The van der Waals surface area contributed by atoms with Crippen molar-refractivity contribution in [3.05, 3.63) is 145 Å². The molecular formula is C52H72O4Si2. The lowest BCUT2D eigenvalue weighted by Crippen LogP contribution is -2.69. The average Bonchev–Trinajstić information content (AvgIpc) is 3.34. The van der Waals surface area contributed by atoms with E-state index in [1.807, 2.05) is 6.08 Å². The first kappa shape index (κ1) is 45.7. The zero-order chi connectivity index (χ0) is 42.0. The summed E-state index contributed by atoms with van der Waals surface area (Å²) in [5.74, 6) is 0.739. The molecule has 1 aliphatic heterocycles. The number of aliphatic hydroxyl groups is 1. The van der Waals surface area contributed by atoms with Crippen molar-refractivity contribution in [2.45, 2.75) is 129 Å². The van der Waals surface area contributed by atoms with Gasteiger partial charge in [-0.2, -0.15) is 0 Å². The van der Waals surface area contributed by atoms with E-state index >= 15 is 0 Å². The van der Waals surface area contributed by atoms with Gasteiger partial charge in [0, 0.05) is 0 Å². The van der Waals surface area contributed by atoms with Crippen molar-refractivity contribution in [1.82, 2.24) is 0 Å². The molecule has 0 bridgehead atoms. The number of ether oxygens (including phenoxy) is 1. The summed E-state index contributed by atoms with van der Waals surface area (Å²) in [5, 5.41) is 15.7. The van der Waals surface area contributed by atoms with Crippen molar-refractivity contribution in [1.29, 1.82) is 0 Å². The van der Waals surface area contributed by atoms with Gasteiger partial charge in [-0.1, -0.05) is 202 Å². The third-order valence-electron chi connectivity index (χ3n) is 12.2. The number of aliphatic hydroxyl groups excluding tert-OH is 1. The average molecular weight is 817 g/mol. The zero-order valence-electron chi connectivity index (χ0n) is 37.2. The molecule has 0 aliphatic carbocycles. The van der Waals surface area contributed by atoms with Gasteiger partial charge in [0.25, 0.3) is 16.6 Å². The second-order valence-corrected chi connectivity index (χ2v) is 27.9. The third kappa shape index (κ3) is 10.7. The Labute approximate surface area is 354 Å². The van der Waals surface area contributed by atoms with Crippen molar-refractivity contribution in [3.8, 4) is 0 Å². The molecular weight excluding hydrogens is 745 g/mol. The molecule has 1 aliphatic rings. The molecule has 0 radical (unpaired) electrons. The molecule has 58 heavy (non-hydrogen) atoms. The van der Waals surface area contributed by atoms with Crippen LogP contribution in [0.15, 0.2) is 145 Å². The third-order valence-corrected chi connectivity index (χ3v) is 22.3. The van der Waals surface area contributed by atoms with Crippen LogP contribution in [-0.4, -0.2) is 52.8 Å². The number of allylic oxidation sites excluding steroid dienone is 1. The number of rotatable bonds is 16. The maximum Gasteiger partial charge on any atom is 0.261 e. The molecule has 1 fully saturated rings. The normalized spacial score (nSPS) is 20.3. The van der Waals surface area contributed by atoms with Crippen LogP contribution in [0.1, 0.15) is 101 Å². The topological polar surface area (TPSA) is 47.9 Å². The van der Waals surface area contributed by atoms with Crippen molar-refractivity contribution < 1.29 is 18.7 Å². The molecule has 2 unspecified atom stereocenters. The molecule has 4 atom stereocenters. The second-order valence-electron chi connectivity index (χ2n) is 19.3. The Balaban J connectivity index is 1.51. The smallest absolute Gasteiger partial charge is 0.261 e. The molecule has 1 saturated heterocycles. The standard InChI is InChI=1S/C52H72O4Si2/c1-41(2)31-34-44(53)35-32-42(3)39-52(10)49(56-58(51(7,8)9,47-27-19-13-20-28-47)48-29-21-14-22-30-48)36-33-43(40-54-52)37-38-55-57(50(4,5)6,45-23-15-11-16-24-45)46-25-17-12-18-26-46/h11-31,34,37,41-42,44,49,53H,32-33,35-36,38-40H2,1-10H3/t42?,44?,49-,52-/m0/s1. The summed E-state index contributed by atoms with van der Waals surface area (Å²) in [4.78, 5) is 0. The molecule has 1 N–H and O–H groups in total. The summed E-state index contributed by atoms with van der Waals surface area (Å²) < 4.78 is 22.5. The Morgan fingerprint density at radius 2 is 1.14 bits per heavy atom. The largest absolute Gasteiger partial charge is 0.404 e. The highest BCUT2D eigenvalue weighted by Gasteiger charge is 2.54. The van der Waals surface area contributed by atoms with Gasteiger partial charge >= 0.3 is 0 Å². The second kappa shape index (κ2) is 19.8. The van der Waals surface area contributed by atoms with Crippen LogP contribution in [0.3, 0.4) is 0 Å². The molecule has 6 heteroatoms. The monoisotopic (exact) mass is 816 g/mol. The van der Waals surface area contributed by atoms with E-state index in [2.05, 4.69) is 203 Å². The van der Waals surface area contributed by atoms with Gasteiger partial charge in [-0.15, -0.1) is 0 Å². The van der Waals surface area contributed by atoms with Crippen LogP contribution in [0.2, 0.25) is 10.1 Å². The van der Waals surface area contributed by atoms with Crippen LogP contribution in [0.25, 0.3) is 0 Å². The Kier molecular flexibility index (Phi) is 15.6. The van der Waals surface area contributed by atoms with Gasteiger partial charge in [-0.3, -0.25) is 0 Å². The fourth-order valence-corrected chi connectivity index (χ4v) is 18.5. The predicted molar refractivity (Wildman–Crippen MR) is 251 cm³/mol. The summed E-state index contributed by atoms with van der Waals surface area (Å²) in [5.41, 5.74) is 0.708. The quantitative estimate of drug-likeness (QED) is 0.0904. The van der Waals surface area contributed by atoms with E-state index in [-0.39, 0.29) is 16.2 Å². The lowest BCUT2D eigenvalue weighted by molar-refractivity contribution is -0.104. The van der Waals surface area contributed by atoms with Crippen molar-refractivity contribution in [2.75, 3.05) is 13.2 Å². The first-order valence-corrected chi connectivity index (χ1v) is 25.6. The van der Waals surface area contributed by atoms with Crippen molar-refractivity contribution in [2.24, 2.45) is 11.8 Å². The lowest BCUT2D eigenvalue weighted by Gasteiger charge is -2.49. The minimum absolute atomic E-state index is 0.101. The van der Waals surface area contributed by atoms with E-state index in [0.29, 0.717) is 25.0 Å². The predicted octanol–water partition coefficient (Wildman–Crippen LogP) is 10.4. The fraction of sp³-hybridized carbons (Fsp3) is 0.462. The molecule has 4 aromatic carbocycles. The van der Waals surface area contributed by atoms with E-state index < -0.39 is 28.3 Å². The lowest BCUT2D eigenvalue weighted by atomic mass is 9.84. The Bertz CT molecular complexity index is 1800. The van der Waals surface area contributed by atoms with Gasteiger partial charge in [-0.25, -0.2) is 0 Å². The molecule has 4 aromatic rings. The molecule has 312 valence electrons. The molecule has 4 nitrogen and oxygen atoms in total. The number of benzene rings is 4. The molecule has 0 amide bonds. The van der Waals surface area contributed by atoms with Crippen LogP contribution in [-0.2, 0) is 13.6 Å². The van der Waals surface area contributed by atoms with E-state index in [4.69, 9.17) is 13.6 Å². The van der Waals surface area contributed by atoms with Crippen molar-refractivity contribution >= 4 is 37.4 Å². The van der Waals surface area contributed by atoms with Gasteiger partial charge in [0.05, 0.1) is 31.0 Å². The summed E-state index contributed by atoms with van der Waals surface area (Å²) >= 11 is 0. The van der Waals surface area contributed by atoms with Crippen LogP contribution in [0, 0.1) is 11.8 Å². The van der Waals surface area contributed by atoms with Crippen molar-refractivity contribution in [3.63, 3.8) is 0 Å². The molecule has 0 spiro atoms. The van der Waals surface area contributed by atoms with E-state index in [1.165, 1.54) is 26.3 Å². The highest BCUT2D eigenvalue weighted by atomic mass is 28.4. The number of hydrogen-bond donors (Lipinski definition) is 1. The van der Waals surface area contributed by atoms with Gasteiger partial charge in [0.2, 0.25) is 0 Å². The Hall–Kier alpha value is -3.37. The van der Waals surface area contributed by atoms with Gasteiger partial charge in [-0.05, 0) is 87.3 Å². The maximum absolute atomic E-state index is 10.8. The summed E-state index contributed by atoms with van der Waals surface area (Å²) in [6.07, 6.45) is 9.96. The van der Waals surface area contributed by atoms with Gasteiger partial charge in [0.15, 0.2) is 0 Å². The van der Waals surface area contributed by atoms with Gasteiger partial charge < -0.3 is 18.7 Å². The molecule has 0 aromatic heterocycles. The maximum atomic E-state index is 10.8. The highest BCUT2D eigenvalue weighted by molar-refractivity contribution is 7.00. The van der Waals surface area contributed by atoms with E-state index in [1.54, 1.807) is 0 Å². The fourth-order valence-electron chi connectivity index (χ4n) is 9.23. The first-order chi connectivity index (χ1) is 27.5. The number of hydrogen-bond acceptors (Lipinski definition) is 4. The molecule has 0 saturated carbocycles. The molecule has 1 heterocycles. The van der Waals surface area contributed by atoms with Crippen LogP contribution in [0.5, 0.6) is 0 Å². The van der Waals surface area contributed by atoms with E-state index in [0.717, 1.165) is 32.1 Å². The summed E-state index contributed by atoms with van der Waals surface area (Å²) in [6.45, 7) is 24.0.